The van der Waals surface area contributed by atoms with Crippen molar-refractivity contribution in [1.82, 2.24) is 0 Å². The molecule has 156 valence electrons. The summed E-state index contributed by atoms with van der Waals surface area (Å²) in [6.07, 6.45) is 2.75. The Balaban J connectivity index is 1.68. The molecule has 3 aromatic rings. The van der Waals surface area contributed by atoms with E-state index in [1.54, 1.807) is 36.4 Å². The van der Waals surface area contributed by atoms with Gasteiger partial charge in [0.05, 0.1) is 0 Å². The predicted octanol–water partition coefficient (Wildman–Crippen LogP) is 5.73. The average Bonchev–Trinajstić information content (AvgIpc) is 2.72. The molecule has 1 aliphatic heterocycles. The summed E-state index contributed by atoms with van der Waals surface area (Å²) in [5.74, 6) is 0.175. The Kier molecular flexibility index (Phi) is 4.43. The number of fused-ring (bicyclic) bond motifs is 1. The standard InChI is InChI=1S/C26H21FO4/c1-26(2)13-20(28)24-18(15-7-9-17(27)10-8-15)12-22(30-23(24)14-26)19-11-16-5-3-4-6-21(16)31-25(19)29/h3-12,18H,13-14H2,1-2H3. The topological polar surface area (TPSA) is 56.5 Å². The monoisotopic (exact) mass is 416 g/mol. The second-order valence-corrected chi connectivity index (χ2v) is 8.93. The van der Waals surface area contributed by atoms with Crippen LogP contribution in [0.1, 0.15) is 43.7 Å². The minimum atomic E-state index is -0.506. The summed E-state index contributed by atoms with van der Waals surface area (Å²) in [7, 11) is 0. The van der Waals surface area contributed by atoms with E-state index in [1.807, 2.05) is 26.0 Å². The van der Waals surface area contributed by atoms with Gasteiger partial charge in [-0.15, -0.1) is 0 Å². The Hall–Kier alpha value is -3.47. The molecule has 0 amide bonds. The van der Waals surface area contributed by atoms with E-state index in [9.17, 15) is 14.0 Å². The van der Waals surface area contributed by atoms with Crippen molar-refractivity contribution in [3.63, 3.8) is 0 Å². The van der Waals surface area contributed by atoms with Crippen molar-refractivity contribution in [3.8, 4) is 0 Å². The summed E-state index contributed by atoms with van der Waals surface area (Å²) in [5.41, 5.74) is 1.39. The van der Waals surface area contributed by atoms with Gasteiger partial charge in [0.1, 0.15) is 28.5 Å². The first kappa shape index (κ1) is 19.5. The molecule has 5 rings (SSSR count). The number of halogens is 1. The number of rotatable bonds is 2. The number of carbonyl (C=O) groups is 1. The number of allylic oxidation sites excluding steroid dienone is 3. The van der Waals surface area contributed by atoms with Crippen LogP contribution in [0.2, 0.25) is 0 Å². The lowest BCUT2D eigenvalue weighted by Crippen LogP contribution is -2.31. The lowest BCUT2D eigenvalue weighted by atomic mass is 9.71. The summed E-state index contributed by atoms with van der Waals surface area (Å²) < 4.78 is 25.2. The van der Waals surface area contributed by atoms with Crippen LogP contribution in [-0.4, -0.2) is 5.78 Å². The van der Waals surface area contributed by atoms with Gasteiger partial charge in [-0.25, -0.2) is 9.18 Å². The number of benzene rings is 2. The number of carbonyl (C=O) groups excluding carboxylic acids is 1. The normalized spacial score (nSPS) is 20.3. The van der Waals surface area contributed by atoms with Gasteiger partial charge in [0.2, 0.25) is 0 Å². The van der Waals surface area contributed by atoms with Gasteiger partial charge >= 0.3 is 5.63 Å². The molecule has 0 saturated heterocycles. The molecule has 1 aliphatic carbocycles. The van der Waals surface area contributed by atoms with Crippen molar-refractivity contribution in [1.29, 1.82) is 0 Å². The zero-order chi connectivity index (χ0) is 21.8. The van der Waals surface area contributed by atoms with E-state index in [0.29, 0.717) is 41.1 Å². The van der Waals surface area contributed by atoms with Crippen LogP contribution >= 0.6 is 0 Å². The van der Waals surface area contributed by atoms with E-state index >= 15 is 0 Å². The SMILES string of the molecule is CC1(C)CC(=O)C2=C(C1)OC(c1cc3ccccc3oc1=O)=CC2c1ccc(F)cc1. The third-order valence-electron chi connectivity index (χ3n) is 5.88. The Morgan fingerprint density at radius 3 is 2.52 bits per heavy atom. The van der Waals surface area contributed by atoms with Gasteiger partial charge < -0.3 is 9.15 Å². The van der Waals surface area contributed by atoms with E-state index in [-0.39, 0.29) is 17.0 Å². The van der Waals surface area contributed by atoms with Crippen LogP contribution in [-0.2, 0) is 9.53 Å². The van der Waals surface area contributed by atoms with Gasteiger partial charge in [0.15, 0.2) is 5.78 Å². The van der Waals surface area contributed by atoms with Crippen molar-refractivity contribution in [3.05, 3.63) is 99.4 Å². The first-order chi connectivity index (χ1) is 14.8. The average molecular weight is 416 g/mol. The fraction of sp³-hybridized carbons (Fsp3) is 0.231. The van der Waals surface area contributed by atoms with Crippen LogP contribution in [0, 0.1) is 11.2 Å². The number of para-hydroxylation sites is 1. The minimum absolute atomic E-state index is 0.0152. The minimum Gasteiger partial charge on any atom is -0.461 e. The second-order valence-electron chi connectivity index (χ2n) is 8.93. The number of ether oxygens (including phenoxy) is 1. The fourth-order valence-corrected chi connectivity index (χ4v) is 4.43. The molecule has 2 heterocycles. The predicted molar refractivity (Wildman–Crippen MR) is 116 cm³/mol. The first-order valence-electron chi connectivity index (χ1n) is 10.3. The molecule has 0 saturated carbocycles. The molecule has 0 spiro atoms. The van der Waals surface area contributed by atoms with Crippen LogP contribution in [0.3, 0.4) is 0 Å². The van der Waals surface area contributed by atoms with Gasteiger partial charge in [-0.05, 0) is 41.3 Å². The molecular formula is C26H21FO4. The van der Waals surface area contributed by atoms with Crippen LogP contribution in [0.25, 0.3) is 16.7 Å². The van der Waals surface area contributed by atoms with Crippen LogP contribution in [0.5, 0.6) is 0 Å². The van der Waals surface area contributed by atoms with Crippen molar-refractivity contribution >= 4 is 22.5 Å². The summed E-state index contributed by atoms with van der Waals surface area (Å²) >= 11 is 0. The smallest absolute Gasteiger partial charge is 0.347 e. The molecule has 31 heavy (non-hydrogen) atoms. The van der Waals surface area contributed by atoms with E-state index < -0.39 is 11.5 Å². The Labute approximate surface area is 178 Å². The zero-order valence-corrected chi connectivity index (χ0v) is 17.3. The summed E-state index contributed by atoms with van der Waals surface area (Å²) in [6, 6.07) is 15.1. The number of hydrogen-bond donors (Lipinski definition) is 0. The van der Waals surface area contributed by atoms with Crippen molar-refractivity contribution < 1.29 is 18.3 Å². The molecule has 0 bridgehead atoms. The van der Waals surface area contributed by atoms with Gasteiger partial charge in [-0.3, -0.25) is 4.79 Å². The maximum Gasteiger partial charge on any atom is 0.347 e. The highest BCUT2D eigenvalue weighted by molar-refractivity contribution is 6.00. The summed E-state index contributed by atoms with van der Waals surface area (Å²) in [5, 5.41) is 0.778. The zero-order valence-electron chi connectivity index (χ0n) is 17.3. The lowest BCUT2D eigenvalue weighted by molar-refractivity contribution is -0.118. The Morgan fingerprint density at radius 1 is 1.00 bits per heavy atom. The van der Waals surface area contributed by atoms with Crippen LogP contribution < -0.4 is 5.63 Å². The molecule has 4 nitrogen and oxygen atoms in total. The fourth-order valence-electron chi connectivity index (χ4n) is 4.43. The lowest BCUT2D eigenvalue weighted by Gasteiger charge is -2.36. The van der Waals surface area contributed by atoms with Gasteiger partial charge in [-0.2, -0.15) is 0 Å². The first-order valence-corrected chi connectivity index (χ1v) is 10.3. The van der Waals surface area contributed by atoms with Crippen LogP contribution in [0.15, 0.2) is 81.2 Å². The second kappa shape index (κ2) is 7.05. The van der Waals surface area contributed by atoms with Gasteiger partial charge in [-0.1, -0.05) is 44.2 Å². The highest BCUT2D eigenvalue weighted by Gasteiger charge is 2.40. The van der Waals surface area contributed by atoms with E-state index in [4.69, 9.17) is 9.15 Å². The molecular weight excluding hydrogens is 395 g/mol. The Bertz CT molecular complexity index is 1330. The quantitative estimate of drug-likeness (QED) is 0.501. The number of Topliss-reactive ketones (excluding diaryl/α,β-unsaturated/α-hetero) is 1. The van der Waals surface area contributed by atoms with Crippen molar-refractivity contribution in [2.24, 2.45) is 5.41 Å². The molecule has 2 aromatic carbocycles. The molecule has 0 radical (unpaired) electrons. The van der Waals surface area contributed by atoms with Crippen molar-refractivity contribution in [2.45, 2.75) is 32.6 Å². The molecule has 5 heteroatoms. The van der Waals surface area contributed by atoms with E-state index in [2.05, 4.69) is 0 Å². The molecule has 1 aromatic heterocycles. The molecule has 0 N–H and O–H groups in total. The molecule has 2 aliphatic rings. The van der Waals surface area contributed by atoms with E-state index in [1.165, 1.54) is 12.1 Å². The van der Waals surface area contributed by atoms with E-state index in [0.717, 1.165) is 10.9 Å². The largest absolute Gasteiger partial charge is 0.461 e. The van der Waals surface area contributed by atoms with Gasteiger partial charge in [0.25, 0.3) is 0 Å². The molecule has 0 fully saturated rings. The number of hydrogen-bond acceptors (Lipinski definition) is 4. The third kappa shape index (κ3) is 3.50. The van der Waals surface area contributed by atoms with Gasteiger partial charge in [0, 0.05) is 29.7 Å². The summed E-state index contributed by atoms with van der Waals surface area (Å²) in [6.45, 7) is 4.04. The maximum absolute atomic E-state index is 13.5. The highest BCUT2D eigenvalue weighted by atomic mass is 19.1. The third-order valence-corrected chi connectivity index (χ3v) is 5.88. The molecule has 1 atom stereocenters. The molecule has 1 unspecified atom stereocenters. The Morgan fingerprint density at radius 2 is 1.74 bits per heavy atom. The van der Waals surface area contributed by atoms with Crippen molar-refractivity contribution in [2.75, 3.05) is 0 Å². The maximum atomic E-state index is 13.5. The number of ketones is 1. The summed E-state index contributed by atoms with van der Waals surface area (Å²) in [4.78, 5) is 25.8. The van der Waals surface area contributed by atoms with Crippen LogP contribution in [0.4, 0.5) is 4.39 Å². The highest BCUT2D eigenvalue weighted by Crippen LogP contribution is 2.47.